The van der Waals surface area contributed by atoms with E-state index in [2.05, 4.69) is 12.1 Å². The molecule has 0 aliphatic carbocycles. The van der Waals surface area contributed by atoms with Crippen molar-refractivity contribution in [3.8, 4) is 0 Å². The molecule has 1 saturated heterocycles. The molecule has 5 heteroatoms. The average molecular weight is 288 g/mol. The van der Waals surface area contributed by atoms with Gasteiger partial charge in [0.05, 0.1) is 12.7 Å². The molecular formula is C14H14BO2PS. The molecule has 2 nitrogen and oxygen atoms in total. The van der Waals surface area contributed by atoms with Crippen molar-refractivity contribution in [3.05, 3.63) is 60.7 Å². The summed E-state index contributed by atoms with van der Waals surface area (Å²) in [6.45, 7) is 0. The maximum Gasteiger partial charge on any atom is 0.494 e. The van der Waals surface area contributed by atoms with Crippen molar-refractivity contribution in [2.24, 2.45) is 0 Å². The SMILES string of the molecule is S=P1(c2ccccc2)COB(c2ccccc2)OC1. The lowest BCUT2D eigenvalue weighted by atomic mass is 9.79. The number of benzene rings is 2. The van der Waals surface area contributed by atoms with Crippen LogP contribution in [-0.2, 0) is 21.1 Å². The van der Waals surface area contributed by atoms with Crippen molar-refractivity contribution in [3.63, 3.8) is 0 Å². The quantitative estimate of drug-likeness (QED) is 0.623. The number of rotatable bonds is 2. The number of hydrogen-bond acceptors (Lipinski definition) is 3. The van der Waals surface area contributed by atoms with E-state index in [1.807, 2.05) is 48.5 Å². The first-order chi connectivity index (χ1) is 9.28. The maximum atomic E-state index is 5.86. The lowest BCUT2D eigenvalue weighted by Crippen LogP contribution is -2.41. The molecule has 1 heterocycles. The largest absolute Gasteiger partial charge is 0.494 e. The van der Waals surface area contributed by atoms with Crippen LogP contribution in [0.1, 0.15) is 0 Å². The third kappa shape index (κ3) is 2.82. The standard InChI is InChI=1S/C14H14BO2PS/c19-18(14-9-5-2-6-10-14)11-16-15(17-12-18)13-7-3-1-4-8-13/h1-10H,11-12H2. The van der Waals surface area contributed by atoms with Gasteiger partial charge in [-0.3, -0.25) is 0 Å². The van der Waals surface area contributed by atoms with Crippen LogP contribution in [0.15, 0.2) is 60.7 Å². The fourth-order valence-electron chi connectivity index (χ4n) is 2.11. The first-order valence-electron chi connectivity index (χ1n) is 6.20. The maximum absolute atomic E-state index is 5.86. The highest BCUT2D eigenvalue weighted by Gasteiger charge is 2.33. The minimum atomic E-state index is -1.73. The molecule has 19 heavy (non-hydrogen) atoms. The van der Waals surface area contributed by atoms with Gasteiger partial charge in [0.2, 0.25) is 0 Å². The van der Waals surface area contributed by atoms with Gasteiger partial charge in [-0.2, -0.15) is 0 Å². The van der Waals surface area contributed by atoms with Crippen molar-refractivity contribution in [1.82, 2.24) is 0 Å². The molecule has 1 aliphatic heterocycles. The van der Waals surface area contributed by atoms with Crippen LogP contribution in [0.2, 0.25) is 0 Å². The Bertz CT molecular complexity index is 579. The molecule has 96 valence electrons. The third-order valence-electron chi connectivity index (χ3n) is 3.17. The van der Waals surface area contributed by atoms with Gasteiger partial charge in [0, 0.05) is 6.04 Å². The van der Waals surface area contributed by atoms with Gasteiger partial charge in [-0.05, 0) is 10.8 Å². The fourth-order valence-corrected chi connectivity index (χ4v) is 4.68. The normalized spacial score (nSPS) is 18.2. The van der Waals surface area contributed by atoms with Crippen molar-refractivity contribution in [2.75, 3.05) is 12.7 Å². The van der Waals surface area contributed by atoms with E-state index in [1.54, 1.807) is 0 Å². The van der Waals surface area contributed by atoms with Crippen LogP contribution in [0.4, 0.5) is 0 Å². The van der Waals surface area contributed by atoms with Gasteiger partial charge >= 0.3 is 7.12 Å². The van der Waals surface area contributed by atoms with Crippen molar-refractivity contribution >= 4 is 35.7 Å². The Morgan fingerprint density at radius 2 is 1.37 bits per heavy atom. The lowest BCUT2D eigenvalue weighted by molar-refractivity contribution is 0.245. The van der Waals surface area contributed by atoms with Crippen molar-refractivity contribution in [1.29, 1.82) is 0 Å². The van der Waals surface area contributed by atoms with E-state index in [-0.39, 0.29) is 7.12 Å². The number of hydrogen-bond donors (Lipinski definition) is 0. The molecule has 0 amide bonds. The van der Waals surface area contributed by atoms with Crippen LogP contribution in [0, 0.1) is 0 Å². The molecular weight excluding hydrogens is 274 g/mol. The van der Waals surface area contributed by atoms with E-state index in [0.717, 1.165) is 5.46 Å². The molecule has 0 atom stereocenters. The molecule has 0 unspecified atom stereocenters. The smallest absolute Gasteiger partial charge is 0.402 e. The van der Waals surface area contributed by atoms with E-state index >= 15 is 0 Å². The molecule has 0 N–H and O–H groups in total. The van der Waals surface area contributed by atoms with Gasteiger partial charge in [0.25, 0.3) is 0 Å². The molecule has 2 aromatic carbocycles. The highest BCUT2D eigenvalue weighted by molar-refractivity contribution is 8.18. The van der Waals surface area contributed by atoms with E-state index < -0.39 is 6.04 Å². The van der Waals surface area contributed by atoms with E-state index in [0.29, 0.717) is 12.7 Å². The predicted octanol–water partition coefficient (Wildman–Crippen LogP) is 2.15. The minimum absolute atomic E-state index is 0.277. The third-order valence-corrected chi connectivity index (χ3v) is 6.80. The second-order valence-corrected chi connectivity index (χ2v) is 9.47. The van der Waals surface area contributed by atoms with Gasteiger partial charge in [-0.15, -0.1) is 0 Å². The zero-order valence-corrected chi connectivity index (χ0v) is 12.1. The molecule has 1 fully saturated rings. The summed E-state index contributed by atoms with van der Waals surface area (Å²) in [7, 11) is -0.277. The summed E-state index contributed by atoms with van der Waals surface area (Å²) in [5.74, 6) is 0. The molecule has 0 radical (unpaired) electrons. The Kier molecular flexibility index (Phi) is 3.85. The van der Waals surface area contributed by atoms with E-state index in [4.69, 9.17) is 21.1 Å². The predicted molar refractivity (Wildman–Crippen MR) is 84.1 cm³/mol. The van der Waals surface area contributed by atoms with Crippen LogP contribution in [-0.4, -0.2) is 19.8 Å². The summed E-state index contributed by atoms with van der Waals surface area (Å²) in [5.41, 5.74) is 1.05. The Morgan fingerprint density at radius 3 is 1.95 bits per heavy atom. The summed E-state index contributed by atoms with van der Waals surface area (Å²) >= 11 is 5.78. The van der Waals surface area contributed by atoms with Crippen LogP contribution in [0.5, 0.6) is 0 Å². The Morgan fingerprint density at radius 1 is 0.842 bits per heavy atom. The molecule has 0 spiro atoms. The van der Waals surface area contributed by atoms with Gasteiger partial charge in [0.1, 0.15) is 0 Å². The van der Waals surface area contributed by atoms with Gasteiger partial charge in [-0.1, -0.05) is 72.5 Å². The Balaban J connectivity index is 1.75. The molecule has 2 aromatic rings. The molecule has 0 bridgehead atoms. The zero-order chi connectivity index (χ0) is 13.1. The summed E-state index contributed by atoms with van der Waals surface area (Å²) in [4.78, 5) is 0. The Hall–Kier alpha value is -0.925. The summed E-state index contributed by atoms with van der Waals surface area (Å²) < 4.78 is 11.7. The Labute approximate surface area is 118 Å². The van der Waals surface area contributed by atoms with Crippen LogP contribution < -0.4 is 10.8 Å². The van der Waals surface area contributed by atoms with Crippen LogP contribution in [0.3, 0.4) is 0 Å². The second-order valence-electron chi connectivity index (χ2n) is 4.56. The topological polar surface area (TPSA) is 18.5 Å². The summed E-state index contributed by atoms with van der Waals surface area (Å²) in [6, 6.07) is 18.5. The fraction of sp³-hybridized carbons (Fsp3) is 0.143. The first kappa shape index (κ1) is 13.1. The van der Waals surface area contributed by atoms with Crippen LogP contribution in [0.25, 0.3) is 0 Å². The summed E-state index contributed by atoms with van der Waals surface area (Å²) in [5, 5.41) is 1.19. The minimum Gasteiger partial charge on any atom is -0.402 e. The van der Waals surface area contributed by atoms with Gasteiger partial charge in [-0.25, -0.2) is 0 Å². The van der Waals surface area contributed by atoms with Crippen molar-refractivity contribution in [2.45, 2.75) is 0 Å². The monoisotopic (exact) mass is 288 g/mol. The first-order valence-corrected chi connectivity index (χ1v) is 9.37. The summed E-state index contributed by atoms with van der Waals surface area (Å²) in [6.07, 6.45) is 1.21. The van der Waals surface area contributed by atoms with E-state index in [1.165, 1.54) is 5.30 Å². The van der Waals surface area contributed by atoms with Crippen molar-refractivity contribution < 1.29 is 9.31 Å². The molecule has 3 rings (SSSR count). The average Bonchev–Trinajstić information content (AvgIpc) is 2.50. The van der Waals surface area contributed by atoms with Gasteiger partial charge in [0.15, 0.2) is 0 Å². The highest BCUT2D eigenvalue weighted by Crippen LogP contribution is 2.47. The highest BCUT2D eigenvalue weighted by atomic mass is 32.4. The molecule has 1 aliphatic rings. The van der Waals surface area contributed by atoms with E-state index in [9.17, 15) is 0 Å². The molecule has 0 saturated carbocycles. The van der Waals surface area contributed by atoms with Crippen LogP contribution >= 0.6 is 6.04 Å². The lowest BCUT2D eigenvalue weighted by Gasteiger charge is -2.31. The zero-order valence-electron chi connectivity index (χ0n) is 10.4. The molecule has 0 aromatic heterocycles. The second kappa shape index (κ2) is 5.60. The van der Waals surface area contributed by atoms with Gasteiger partial charge < -0.3 is 9.31 Å².